The number of rotatable bonds is 5. The smallest absolute Gasteiger partial charge is 0.353 e. The summed E-state index contributed by atoms with van der Waals surface area (Å²) in [7, 11) is 0. The van der Waals surface area contributed by atoms with Crippen molar-refractivity contribution < 1.29 is 18.0 Å². The van der Waals surface area contributed by atoms with E-state index in [0.717, 1.165) is 43.7 Å². The van der Waals surface area contributed by atoms with Gasteiger partial charge in [-0.1, -0.05) is 11.8 Å². The van der Waals surface area contributed by atoms with Gasteiger partial charge in [-0.05, 0) is 25.7 Å². The van der Waals surface area contributed by atoms with Crippen LogP contribution in [0, 0.1) is 0 Å². The zero-order chi connectivity index (χ0) is 17.3. The molecule has 3 rings (SSSR count). The second-order valence-corrected chi connectivity index (χ2v) is 7.01. The van der Waals surface area contributed by atoms with E-state index in [1.165, 1.54) is 12.8 Å². The number of nitrogen functional groups attached to an aromatic ring is 1. The predicted octanol–water partition coefficient (Wildman–Crippen LogP) is 0.846. The van der Waals surface area contributed by atoms with Gasteiger partial charge in [-0.2, -0.15) is 13.2 Å². The van der Waals surface area contributed by atoms with E-state index in [4.69, 9.17) is 5.84 Å². The lowest BCUT2D eigenvalue weighted by atomic mass is 10.1. The number of alkyl halides is 3. The first kappa shape index (κ1) is 17.3. The number of carbonyl (C=O) groups excluding carboxylic acids is 1. The number of hydrogen-bond acceptors (Lipinski definition) is 6. The standard InChI is InChI=1S/C13H19F3N6OS/c14-13(15,16)11-19-20-12(22(11)17)24-7-10(23)18-8-3-5-21(6-4-8)9-1-2-9/h8-9H,1-7,17H2,(H,18,23). The monoisotopic (exact) mass is 364 g/mol. The summed E-state index contributed by atoms with van der Waals surface area (Å²) in [5.74, 6) is 3.76. The highest BCUT2D eigenvalue weighted by atomic mass is 32.2. The van der Waals surface area contributed by atoms with E-state index in [9.17, 15) is 18.0 Å². The summed E-state index contributed by atoms with van der Waals surface area (Å²) in [4.78, 5) is 14.4. The van der Waals surface area contributed by atoms with Gasteiger partial charge in [0, 0.05) is 25.2 Å². The first-order valence-electron chi connectivity index (χ1n) is 7.78. The summed E-state index contributed by atoms with van der Waals surface area (Å²) in [6, 6.07) is 0.852. The van der Waals surface area contributed by atoms with Gasteiger partial charge in [-0.15, -0.1) is 10.2 Å². The minimum Gasteiger partial charge on any atom is -0.353 e. The van der Waals surface area contributed by atoms with Crippen molar-refractivity contribution >= 4 is 17.7 Å². The van der Waals surface area contributed by atoms with Crippen molar-refractivity contribution in [3.63, 3.8) is 0 Å². The van der Waals surface area contributed by atoms with E-state index in [1.54, 1.807) is 0 Å². The molecule has 1 aliphatic carbocycles. The zero-order valence-electron chi connectivity index (χ0n) is 12.9. The van der Waals surface area contributed by atoms with Gasteiger partial charge in [0.15, 0.2) is 0 Å². The van der Waals surface area contributed by atoms with Gasteiger partial charge in [-0.3, -0.25) is 4.79 Å². The molecule has 24 heavy (non-hydrogen) atoms. The molecule has 2 aliphatic rings. The van der Waals surface area contributed by atoms with E-state index in [1.807, 2.05) is 0 Å². The quantitative estimate of drug-likeness (QED) is 0.595. The summed E-state index contributed by atoms with van der Waals surface area (Å²) in [5.41, 5.74) is 0. The number of nitrogens with two attached hydrogens (primary N) is 1. The van der Waals surface area contributed by atoms with E-state index < -0.39 is 12.0 Å². The molecule has 1 saturated carbocycles. The van der Waals surface area contributed by atoms with Crippen molar-refractivity contribution in [1.29, 1.82) is 0 Å². The van der Waals surface area contributed by atoms with Crippen LogP contribution < -0.4 is 11.2 Å². The molecule has 2 heterocycles. The first-order chi connectivity index (χ1) is 11.3. The fraction of sp³-hybridized carbons (Fsp3) is 0.769. The molecule has 0 aromatic carbocycles. The summed E-state index contributed by atoms with van der Waals surface area (Å²) < 4.78 is 38.1. The van der Waals surface area contributed by atoms with E-state index in [0.29, 0.717) is 4.68 Å². The summed E-state index contributed by atoms with van der Waals surface area (Å²) >= 11 is 0.838. The van der Waals surface area contributed by atoms with Gasteiger partial charge >= 0.3 is 6.18 Å². The minimum absolute atomic E-state index is 0.0456. The maximum atomic E-state index is 12.6. The van der Waals surface area contributed by atoms with Crippen molar-refractivity contribution in [1.82, 2.24) is 25.1 Å². The fourth-order valence-electron chi connectivity index (χ4n) is 2.82. The second-order valence-electron chi connectivity index (χ2n) is 6.07. The van der Waals surface area contributed by atoms with Crippen LogP contribution in [0.2, 0.25) is 0 Å². The molecule has 1 aliphatic heterocycles. The van der Waals surface area contributed by atoms with Crippen LogP contribution in [0.3, 0.4) is 0 Å². The van der Waals surface area contributed by atoms with Gasteiger partial charge in [0.2, 0.25) is 11.1 Å². The topological polar surface area (TPSA) is 89.1 Å². The van der Waals surface area contributed by atoms with Crippen molar-refractivity contribution in [2.45, 2.75) is 49.1 Å². The highest BCUT2D eigenvalue weighted by Gasteiger charge is 2.38. The van der Waals surface area contributed by atoms with Crippen LogP contribution in [0.25, 0.3) is 0 Å². The number of aromatic nitrogens is 3. The zero-order valence-corrected chi connectivity index (χ0v) is 13.7. The van der Waals surface area contributed by atoms with Crippen LogP contribution >= 0.6 is 11.8 Å². The van der Waals surface area contributed by atoms with Crippen LogP contribution in [0.5, 0.6) is 0 Å². The Labute approximate surface area is 141 Å². The van der Waals surface area contributed by atoms with Crippen molar-refractivity contribution in [3.8, 4) is 0 Å². The number of piperidine rings is 1. The molecule has 3 N–H and O–H groups in total. The van der Waals surface area contributed by atoms with Gasteiger partial charge in [0.1, 0.15) is 0 Å². The predicted molar refractivity (Wildman–Crippen MR) is 81.7 cm³/mol. The Balaban J connectivity index is 1.43. The average molecular weight is 364 g/mol. The number of thioether (sulfide) groups is 1. The van der Waals surface area contributed by atoms with Gasteiger partial charge in [-0.25, -0.2) is 4.68 Å². The Morgan fingerprint density at radius 2 is 1.92 bits per heavy atom. The Bertz CT molecular complexity index is 595. The molecule has 0 spiro atoms. The Morgan fingerprint density at radius 3 is 2.46 bits per heavy atom. The van der Waals surface area contributed by atoms with Crippen LogP contribution in [0.4, 0.5) is 13.2 Å². The number of carbonyl (C=O) groups is 1. The summed E-state index contributed by atoms with van der Waals surface area (Å²) in [5, 5.41) is 9.18. The largest absolute Gasteiger partial charge is 0.453 e. The van der Waals surface area contributed by atoms with Gasteiger partial charge < -0.3 is 16.1 Å². The minimum atomic E-state index is -4.67. The van der Waals surface area contributed by atoms with E-state index in [2.05, 4.69) is 20.4 Å². The molecule has 1 saturated heterocycles. The van der Waals surface area contributed by atoms with Crippen LogP contribution in [0.1, 0.15) is 31.5 Å². The van der Waals surface area contributed by atoms with Crippen LogP contribution in [-0.2, 0) is 11.0 Å². The molecule has 0 radical (unpaired) electrons. The van der Waals surface area contributed by atoms with E-state index in [-0.39, 0.29) is 22.9 Å². The molecule has 2 fully saturated rings. The Morgan fingerprint density at radius 1 is 1.25 bits per heavy atom. The SMILES string of the molecule is Nn1c(SCC(=O)NC2CCN(C3CC3)CC2)nnc1C(F)(F)F. The number of nitrogens with one attached hydrogen (secondary N) is 1. The Kier molecular flexibility index (Phi) is 4.90. The molecule has 1 amide bonds. The molecule has 1 aromatic rings. The van der Waals surface area contributed by atoms with Crippen molar-refractivity contribution in [2.75, 3.05) is 24.7 Å². The number of halogens is 3. The maximum absolute atomic E-state index is 12.6. The third-order valence-corrected chi connectivity index (χ3v) is 5.15. The molecular formula is C13H19F3N6OS. The number of amides is 1. The summed E-state index contributed by atoms with van der Waals surface area (Å²) in [6.07, 6.45) is -0.324. The fourth-order valence-corrected chi connectivity index (χ4v) is 3.48. The third-order valence-electron chi connectivity index (χ3n) is 4.21. The molecule has 11 heteroatoms. The lowest BCUT2D eigenvalue weighted by Crippen LogP contribution is -2.45. The highest BCUT2D eigenvalue weighted by Crippen LogP contribution is 2.30. The molecule has 0 unspecified atom stereocenters. The van der Waals surface area contributed by atoms with Crippen LogP contribution in [0.15, 0.2) is 5.16 Å². The molecular weight excluding hydrogens is 345 g/mol. The van der Waals surface area contributed by atoms with Crippen LogP contribution in [-0.4, -0.2) is 56.6 Å². The highest BCUT2D eigenvalue weighted by molar-refractivity contribution is 7.99. The van der Waals surface area contributed by atoms with Gasteiger partial charge in [0.25, 0.3) is 5.82 Å². The first-order valence-corrected chi connectivity index (χ1v) is 8.77. The summed E-state index contributed by atoms with van der Waals surface area (Å²) in [6.45, 7) is 1.96. The van der Waals surface area contributed by atoms with E-state index >= 15 is 0 Å². The number of nitrogens with zero attached hydrogens (tertiary/aromatic N) is 4. The Hall–Kier alpha value is -1.49. The molecule has 0 bridgehead atoms. The van der Waals surface area contributed by atoms with Gasteiger partial charge in [0.05, 0.1) is 5.75 Å². The lowest BCUT2D eigenvalue weighted by molar-refractivity contribution is -0.146. The lowest BCUT2D eigenvalue weighted by Gasteiger charge is -2.32. The molecule has 0 atom stereocenters. The molecule has 1 aromatic heterocycles. The average Bonchev–Trinajstić information content (AvgIpc) is 3.28. The number of likely N-dealkylation sites (tertiary alicyclic amines) is 1. The maximum Gasteiger partial charge on any atom is 0.453 e. The van der Waals surface area contributed by atoms with Crippen molar-refractivity contribution in [2.24, 2.45) is 0 Å². The normalized spacial score (nSPS) is 20.3. The van der Waals surface area contributed by atoms with Crippen molar-refractivity contribution in [3.05, 3.63) is 5.82 Å². The molecule has 7 nitrogen and oxygen atoms in total. The molecule has 134 valence electrons. The number of hydrogen-bond donors (Lipinski definition) is 2. The second kappa shape index (κ2) is 6.79. The third kappa shape index (κ3) is 4.12.